The number of H-pyrrole nitrogens is 1. The second-order valence-corrected chi connectivity index (χ2v) is 7.55. The van der Waals surface area contributed by atoms with Crippen molar-refractivity contribution in [1.82, 2.24) is 14.8 Å². The van der Waals surface area contributed by atoms with Gasteiger partial charge in [0.1, 0.15) is 0 Å². The van der Waals surface area contributed by atoms with E-state index in [1.54, 1.807) is 4.57 Å². The van der Waals surface area contributed by atoms with Crippen LogP contribution < -0.4 is 5.69 Å². The molecule has 1 saturated heterocycles. The molecule has 2 aliphatic rings. The van der Waals surface area contributed by atoms with Gasteiger partial charge in [-0.25, -0.2) is 9.89 Å². The SMILES string of the molecule is O=C(CSc1n[nH]c(=O)n1C[C@H]1CCCO1)c1ccc2c(c1)CCC2. The van der Waals surface area contributed by atoms with Crippen LogP contribution in [0.1, 0.15) is 40.7 Å². The molecule has 2 heterocycles. The van der Waals surface area contributed by atoms with Gasteiger partial charge in [0.15, 0.2) is 10.9 Å². The van der Waals surface area contributed by atoms with Gasteiger partial charge in [-0.2, -0.15) is 0 Å². The average Bonchev–Trinajstić information content (AvgIpc) is 3.35. The number of ether oxygens (including phenoxy) is 1. The molecule has 0 spiro atoms. The quantitative estimate of drug-likeness (QED) is 0.632. The molecule has 1 aromatic carbocycles. The normalized spacial score (nSPS) is 19.3. The van der Waals surface area contributed by atoms with Gasteiger partial charge in [-0.3, -0.25) is 9.36 Å². The van der Waals surface area contributed by atoms with E-state index in [0.29, 0.717) is 11.7 Å². The monoisotopic (exact) mass is 359 g/mol. The van der Waals surface area contributed by atoms with Crippen LogP contribution >= 0.6 is 11.8 Å². The third kappa shape index (κ3) is 3.57. The van der Waals surface area contributed by atoms with Crippen LogP contribution in [0.25, 0.3) is 0 Å². The van der Waals surface area contributed by atoms with E-state index in [9.17, 15) is 9.59 Å². The fourth-order valence-electron chi connectivity index (χ4n) is 3.53. The number of nitrogens with zero attached hydrogens (tertiary/aromatic N) is 2. The summed E-state index contributed by atoms with van der Waals surface area (Å²) < 4.78 is 7.18. The van der Waals surface area contributed by atoms with Crippen molar-refractivity contribution in [1.29, 1.82) is 0 Å². The number of fused-ring (bicyclic) bond motifs is 1. The zero-order valence-corrected chi connectivity index (χ0v) is 14.8. The molecule has 132 valence electrons. The lowest BCUT2D eigenvalue weighted by molar-refractivity contribution is 0.0941. The van der Waals surface area contributed by atoms with Gasteiger partial charge in [-0.1, -0.05) is 23.9 Å². The lowest BCUT2D eigenvalue weighted by Gasteiger charge is -2.11. The Morgan fingerprint density at radius 1 is 1.32 bits per heavy atom. The molecule has 0 amide bonds. The van der Waals surface area contributed by atoms with Gasteiger partial charge in [-0.15, -0.1) is 5.10 Å². The van der Waals surface area contributed by atoms with Crippen LogP contribution in [0.5, 0.6) is 0 Å². The number of hydrogen-bond acceptors (Lipinski definition) is 5. The molecule has 1 aromatic heterocycles. The minimum Gasteiger partial charge on any atom is -0.376 e. The van der Waals surface area contributed by atoms with Crippen molar-refractivity contribution < 1.29 is 9.53 Å². The Balaban J connectivity index is 1.42. The van der Waals surface area contributed by atoms with E-state index in [1.807, 2.05) is 12.1 Å². The molecule has 0 radical (unpaired) electrons. The molecule has 4 rings (SSSR count). The van der Waals surface area contributed by atoms with E-state index >= 15 is 0 Å². The van der Waals surface area contributed by atoms with Crippen LogP contribution in [-0.2, 0) is 24.1 Å². The highest BCUT2D eigenvalue weighted by Gasteiger charge is 2.20. The summed E-state index contributed by atoms with van der Waals surface area (Å²) >= 11 is 1.30. The molecule has 7 heteroatoms. The average molecular weight is 359 g/mol. The second kappa shape index (κ2) is 7.17. The van der Waals surface area contributed by atoms with Gasteiger partial charge >= 0.3 is 5.69 Å². The highest BCUT2D eigenvalue weighted by atomic mass is 32.2. The molecule has 0 saturated carbocycles. The fourth-order valence-corrected chi connectivity index (χ4v) is 4.38. The molecule has 1 atom stereocenters. The maximum absolute atomic E-state index is 12.5. The number of carbonyl (C=O) groups is 1. The number of aromatic amines is 1. The number of Topliss-reactive ketones (excluding diaryl/α,β-unsaturated/α-hetero) is 1. The number of thioether (sulfide) groups is 1. The van der Waals surface area contributed by atoms with E-state index in [-0.39, 0.29) is 23.3 Å². The third-order valence-corrected chi connectivity index (χ3v) is 5.86. The highest BCUT2D eigenvalue weighted by molar-refractivity contribution is 7.99. The molecule has 1 aliphatic carbocycles. The summed E-state index contributed by atoms with van der Waals surface area (Å²) in [5.41, 5.74) is 3.16. The first-order chi connectivity index (χ1) is 12.2. The Kier molecular flexibility index (Phi) is 4.76. The number of benzene rings is 1. The minimum atomic E-state index is -0.247. The lowest BCUT2D eigenvalue weighted by Crippen LogP contribution is -2.25. The van der Waals surface area contributed by atoms with Crippen LogP contribution in [-0.4, -0.2) is 39.0 Å². The molecule has 2 aromatic rings. The van der Waals surface area contributed by atoms with Crippen LogP contribution in [0.3, 0.4) is 0 Å². The first-order valence-corrected chi connectivity index (χ1v) is 9.74. The van der Waals surface area contributed by atoms with Crippen molar-refractivity contribution in [3.63, 3.8) is 0 Å². The molecule has 1 fully saturated rings. The van der Waals surface area contributed by atoms with Crippen LogP contribution in [0.15, 0.2) is 28.2 Å². The summed E-state index contributed by atoms with van der Waals surface area (Å²) in [5.74, 6) is 0.341. The molecule has 25 heavy (non-hydrogen) atoms. The van der Waals surface area contributed by atoms with E-state index in [1.165, 1.54) is 29.3 Å². The van der Waals surface area contributed by atoms with Crippen molar-refractivity contribution in [2.24, 2.45) is 0 Å². The minimum absolute atomic E-state index is 0.0575. The van der Waals surface area contributed by atoms with Crippen molar-refractivity contribution in [3.05, 3.63) is 45.4 Å². The molecular weight excluding hydrogens is 338 g/mol. The number of aromatic nitrogens is 3. The van der Waals surface area contributed by atoms with Gasteiger partial charge in [0.05, 0.1) is 18.4 Å². The molecule has 6 nitrogen and oxygen atoms in total. The lowest BCUT2D eigenvalue weighted by atomic mass is 10.0. The Morgan fingerprint density at radius 3 is 3.04 bits per heavy atom. The fraction of sp³-hybridized carbons (Fsp3) is 0.500. The van der Waals surface area contributed by atoms with Gasteiger partial charge in [0.25, 0.3) is 0 Å². The molecule has 1 N–H and O–H groups in total. The van der Waals surface area contributed by atoms with Crippen molar-refractivity contribution in [2.45, 2.75) is 49.9 Å². The molecule has 0 unspecified atom stereocenters. The van der Waals surface area contributed by atoms with E-state index in [0.717, 1.165) is 37.9 Å². The maximum Gasteiger partial charge on any atom is 0.344 e. The smallest absolute Gasteiger partial charge is 0.344 e. The maximum atomic E-state index is 12.5. The Morgan fingerprint density at radius 2 is 2.20 bits per heavy atom. The van der Waals surface area contributed by atoms with Crippen molar-refractivity contribution >= 4 is 17.5 Å². The van der Waals surface area contributed by atoms with E-state index < -0.39 is 0 Å². The summed E-state index contributed by atoms with van der Waals surface area (Å²) in [5, 5.41) is 7.09. The first-order valence-electron chi connectivity index (χ1n) is 8.75. The number of ketones is 1. The number of rotatable bonds is 6. The van der Waals surface area contributed by atoms with Gasteiger partial charge < -0.3 is 4.74 Å². The highest BCUT2D eigenvalue weighted by Crippen LogP contribution is 2.24. The standard InChI is InChI=1S/C18H21N3O3S/c22-16(14-7-6-12-3-1-4-13(12)9-14)11-25-18-20-19-17(23)21(18)10-15-5-2-8-24-15/h6-7,9,15H,1-5,8,10-11H2,(H,19,23)/t15-/m1/s1. The number of aryl methyl sites for hydroxylation is 2. The Labute approximate surface area is 150 Å². The van der Waals surface area contributed by atoms with Gasteiger partial charge in [-0.05, 0) is 49.3 Å². The van der Waals surface area contributed by atoms with Gasteiger partial charge in [0.2, 0.25) is 0 Å². The summed E-state index contributed by atoms with van der Waals surface area (Å²) in [6, 6.07) is 6.01. The Bertz CT molecular complexity index is 836. The first kappa shape index (κ1) is 16.6. The predicted molar refractivity (Wildman–Crippen MR) is 95.3 cm³/mol. The van der Waals surface area contributed by atoms with Crippen LogP contribution in [0, 0.1) is 0 Å². The zero-order chi connectivity index (χ0) is 17.2. The van der Waals surface area contributed by atoms with E-state index in [4.69, 9.17) is 4.74 Å². The second-order valence-electron chi connectivity index (χ2n) is 6.61. The zero-order valence-electron chi connectivity index (χ0n) is 14.0. The van der Waals surface area contributed by atoms with E-state index in [2.05, 4.69) is 16.3 Å². The number of hydrogen-bond donors (Lipinski definition) is 1. The van der Waals surface area contributed by atoms with Gasteiger partial charge in [0, 0.05) is 12.2 Å². The summed E-state index contributed by atoms with van der Waals surface area (Å²) in [6.07, 6.45) is 5.38. The predicted octanol–water partition coefficient (Wildman–Crippen LogP) is 2.21. The number of nitrogens with one attached hydrogen (secondary N) is 1. The summed E-state index contributed by atoms with van der Waals surface area (Å²) in [6.45, 7) is 1.24. The number of carbonyl (C=O) groups excluding carboxylic acids is 1. The van der Waals surface area contributed by atoms with Crippen molar-refractivity contribution in [2.75, 3.05) is 12.4 Å². The molecule has 1 aliphatic heterocycles. The third-order valence-electron chi connectivity index (χ3n) is 4.89. The molecular formula is C18H21N3O3S. The Hall–Kier alpha value is -1.86. The van der Waals surface area contributed by atoms with Crippen molar-refractivity contribution in [3.8, 4) is 0 Å². The largest absolute Gasteiger partial charge is 0.376 e. The topological polar surface area (TPSA) is 77.0 Å². The summed E-state index contributed by atoms with van der Waals surface area (Å²) in [4.78, 5) is 24.5. The molecule has 0 bridgehead atoms. The van der Waals surface area contributed by atoms with Crippen LogP contribution in [0.2, 0.25) is 0 Å². The van der Waals surface area contributed by atoms with Crippen LogP contribution in [0.4, 0.5) is 0 Å². The summed E-state index contributed by atoms with van der Waals surface area (Å²) in [7, 11) is 0.